The Hall–Kier alpha value is -2.45. The van der Waals surface area contributed by atoms with Crippen molar-refractivity contribution >= 4 is 16.1 Å². The van der Waals surface area contributed by atoms with Crippen LogP contribution in [0.15, 0.2) is 18.2 Å². The standard InChI is InChI=1S/C18H19F3O7S/c1-2-7-17(8-3-4-9-17)27-15-12-13(5-6-14(15)28-18(19,20)21)16(22)26-10-11-29(23,24)25/h5-6,12H,3-4,8-11H2,1H3,(H,23,24,25). The number of rotatable bonds is 7. The van der Waals surface area contributed by atoms with E-state index in [2.05, 4.69) is 16.6 Å². The summed E-state index contributed by atoms with van der Waals surface area (Å²) >= 11 is 0. The predicted octanol–water partition coefficient (Wildman–Crippen LogP) is 3.34. The third kappa shape index (κ3) is 7.14. The summed E-state index contributed by atoms with van der Waals surface area (Å²) in [6, 6.07) is 2.95. The van der Waals surface area contributed by atoms with Gasteiger partial charge in [0.05, 0.1) is 5.56 Å². The minimum atomic E-state index is -4.98. The maximum Gasteiger partial charge on any atom is 0.573 e. The number of carbonyl (C=O) groups excluding carboxylic acids is 1. The molecule has 0 bridgehead atoms. The highest BCUT2D eigenvalue weighted by Crippen LogP contribution is 2.40. The molecular weight excluding hydrogens is 417 g/mol. The summed E-state index contributed by atoms with van der Waals surface area (Å²) in [5.74, 6) is 2.79. The molecular formula is C18H19F3O7S. The monoisotopic (exact) mass is 436 g/mol. The zero-order valence-electron chi connectivity index (χ0n) is 15.4. The Bertz CT molecular complexity index is 908. The summed E-state index contributed by atoms with van der Waals surface area (Å²) in [6.07, 6.45) is -2.41. The quantitative estimate of drug-likeness (QED) is 0.398. The van der Waals surface area contributed by atoms with E-state index in [0.29, 0.717) is 12.8 Å². The summed E-state index contributed by atoms with van der Waals surface area (Å²) < 4.78 is 82.7. The zero-order chi connectivity index (χ0) is 21.7. The molecule has 2 rings (SSSR count). The Labute approximate surface area is 165 Å². The number of hydrogen-bond donors (Lipinski definition) is 1. The lowest BCUT2D eigenvalue weighted by molar-refractivity contribution is -0.275. The molecule has 0 amide bonds. The fraction of sp³-hybridized carbons (Fsp3) is 0.500. The van der Waals surface area contributed by atoms with E-state index in [1.165, 1.54) is 0 Å². The number of esters is 1. The van der Waals surface area contributed by atoms with Crippen LogP contribution in [0.5, 0.6) is 11.5 Å². The molecule has 29 heavy (non-hydrogen) atoms. The van der Waals surface area contributed by atoms with Gasteiger partial charge in [-0.3, -0.25) is 4.55 Å². The minimum Gasteiger partial charge on any atom is -0.471 e. The molecule has 0 radical (unpaired) electrons. The molecule has 1 aliphatic rings. The number of benzene rings is 1. The van der Waals surface area contributed by atoms with Gasteiger partial charge in [0.25, 0.3) is 10.1 Å². The topological polar surface area (TPSA) is 99.1 Å². The maximum atomic E-state index is 12.7. The lowest BCUT2D eigenvalue weighted by Gasteiger charge is -2.26. The highest BCUT2D eigenvalue weighted by Gasteiger charge is 2.37. The van der Waals surface area contributed by atoms with Crippen molar-refractivity contribution in [3.05, 3.63) is 23.8 Å². The largest absolute Gasteiger partial charge is 0.573 e. The second-order valence-corrected chi connectivity index (χ2v) is 7.88. The first-order valence-corrected chi connectivity index (χ1v) is 10.2. The Kier molecular flexibility index (Phi) is 7.02. The van der Waals surface area contributed by atoms with Crippen molar-refractivity contribution in [3.8, 4) is 23.3 Å². The van der Waals surface area contributed by atoms with Crippen LogP contribution in [-0.4, -0.2) is 43.3 Å². The van der Waals surface area contributed by atoms with Crippen LogP contribution in [0.4, 0.5) is 13.2 Å². The number of carbonyl (C=O) groups is 1. The van der Waals surface area contributed by atoms with Crippen LogP contribution in [0.3, 0.4) is 0 Å². The first-order valence-electron chi connectivity index (χ1n) is 8.58. The zero-order valence-corrected chi connectivity index (χ0v) is 16.2. The van der Waals surface area contributed by atoms with E-state index in [-0.39, 0.29) is 11.3 Å². The van der Waals surface area contributed by atoms with Gasteiger partial charge in [-0.15, -0.1) is 19.1 Å². The van der Waals surface area contributed by atoms with E-state index in [9.17, 15) is 26.4 Å². The number of hydrogen-bond acceptors (Lipinski definition) is 6. The lowest BCUT2D eigenvalue weighted by atomic mass is 10.0. The Morgan fingerprint density at radius 1 is 1.24 bits per heavy atom. The smallest absolute Gasteiger partial charge is 0.471 e. The molecule has 1 N–H and O–H groups in total. The fourth-order valence-corrected chi connectivity index (χ4v) is 3.18. The average Bonchev–Trinajstić information content (AvgIpc) is 3.02. The number of alkyl halides is 3. The van der Waals surface area contributed by atoms with Crippen LogP contribution in [0.2, 0.25) is 0 Å². The van der Waals surface area contributed by atoms with Crippen LogP contribution in [0.25, 0.3) is 0 Å². The maximum absolute atomic E-state index is 12.7. The van der Waals surface area contributed by atoms with E-state index in [0.717, 1.165) is 31.0 Å². The molecule has 1 fully saturated rings. The fourth-order valence-electron chi connectivity index (χ4n) is 2.88. The van der Waals surface area contributed by atoms with Gasteiger partial charge in [-0.25, -0.2) is 4.79 Å². The molecule has 1 saturated carbocycles. The third-order valence-electron chi connectivity index (χ3n) is 4.05. The molecule has 1 aromatic carbocycles. The molecule has 1 aromatic rings. The summed E-state index contributed by atoms with van der Waals surface area (Å²) in [5.41, 5.74) is -1.17. The summed E-state index contributed by atoms with van der Waals surface area (Å²) in [6.45, 7) is 0.958. The molecule has 11 heteroatoms. The van der Waals surface area contributed by atoms with E-state index in [4.69, 9.17) is 14.0 Å². The van der Waals surface area contributed by atoms with E-state index in [1.54, 1.807) is 6.92 Å². The van der Waals surface area contributed by atoms with Crippen molar-refractivity contribution in [2.45, 2.75) is 44.6 Å². The van der Waals surface area contributed by atoms with Gasteiger partial charge in [-0.05, 0) is 50.8 Å². The van der Waals surface area contributed by atoms with Crippen LogP contribution in [0, 0.1) is 11.8 Å². The molecule has 160 valence electrons. The van der Waals surface area contributed by atoms with Crippen molar-refractivity contribution in [2.24, 2.45) is 0 Å². The molecule has 0 unspecified atom stereocenters. The summed E-state index contributed by atoms with van der Waals surface area (Å²) in [7, 11) is -4.33. The van der Waals surface area contributed by atoms with Crippen molar-refractivity contribution in [1.82, 2.24) is 0 Å². The third-order valence-corrected chi connectivity index (χ3v) is 4.73. The first kappa shape index (κ1) is 22.8. The van der Waals surface area contributed by atoms with Crippen LogP contribution < -0.4 is 9.47 Å². The molecule has 1 aliphatic carbocycles. The van der Waals surface area contributed by atoms with Gasteiger partial charge < -0.3 is 14.2 Å². The van der Waals surface area contributed by atoms with Crippen molar-refractivity contribution in [2.75, 3.05) is 12.4 Å². The molecule has 0 aromatic heterocycles. The van der Waals surface area contributed by atoms with Crippen LogP contribution in [-0.2, 0) is 14.9 Å². The number of ether oxygens (including phenoxy) is 3. The molecule has 0 saturated heterocycles. The Morgan fingerprint density at radius 2 is 1.90 bits per heavy atom. The van der Waals surface area contributed by atoms with Gasteiger partial charge >= 0.3 is 12.3 Å². The van der Waals surface area contributed by atoms with Crippen molar-refractivity contribution < 1.29 is 45.1 Å². The molecule has 0 atom stereocenters. The Balaban J connectivity index is 2.30. The lowest BCUT2D eigenvalue weighted by Crippen LogP contribution is -2.31. The van der Waals surface area contributed by atoms with Crippen LogP contribution >= 0.6 is 0 Å². The SMILES string of the molecule is CC#CC1(Oc2cc(C(=O)OCCS(=O)(=O)O)ccc2OC(F)(F)F)CCCC1. The van der Waals surface area contributed by atoms with Gasteiger partial charge in [-0.2, -0.15) is 8.42 Å². The normalized spacial score (nSPS) is 15.9. The van der Waals surface area contributed by atoms with Gasteiger partial charge in [0, 0.05) is 0 Å². The summed E-state index contributed by atoms with van der Waals surface area (Å²) in [4.78, 5) is 12.1. The highest BCUT2D eigenvalue weighted by molar-refractivity contribution is 7.85. The summed E-state index contributed by atoms with van der Waals surface area (Å²) in [5, 5.41) is 0. The van der Waals surface area contributed by atoms with Gasteiger partial charge in [0.15, 0.2) is 17.1 Å². The van der Waals surface area contributed by atoms with Gasteiger partial charge in [0.2, 0.25) is 0 Å². The molecule has 7 nitrogen and oxygen atoms in total. The Morgan fingerprint density at radius 3 is 2.45 bits per heavy atom. The average molecular weight is 436 g/mol. The molecule has 0 heterocycles. The van der Waals surface area contributed by atoms with Crippen molar-refractivity contribution in [1.29, 1.82) is 0 Å². The van der Waals surface area contributed by atoms with E-state index < -0.39 is 46.2 Å². The minimum absolute atomic E-state index is 0.178. The van der Waals surface area contributed by atoms with Gasteiger partial charge in [0.1, 0.15) is 12.4 Å². The van der Waals surface area contributed by atoms with Crippen molar-refractivity contribution in [3.63, 3.8) is 0 Å². The molecule has 0 spiro atoms. The van der Waals surface area contributed by atoms with E-state index >= 15 is 0 Å². The second kappa shape index (κ2) is 8.92. The second-order valence-electron chi connectivity index (χ2n) is 6.31. The van der Waals surface area contributed by atoms with Crippen LogP contribution in [0.1, 0.15) is 43.0 Å². The van der Waals surface area contributed by atoms with Gasteiger partial charge in [-0.1, -0.05) is 5.92 Å². The first-order chi connectivity index (χ1) is 13.4. The van der Waals surface area contributed by atoms with E-state index in [1.807, 2.05) is 0 Å². The number of halogens is 3. The molecule has 0 aliphatic heterocycles. The predicted molar refractivity (Wildman–Crippen MR) is 95.1 cm³/mol. The highest BCUT2D eigenvalue weighted by atomic mass is 32.2.